The summed E-state index contributed by atoms with van der Waals surface area (Å²) in [6.07, 6.45) is 3.03. The second-order valence-electron chi connectivity index (χ2n) is 8.13. The van der Waals surface area contributed by atoms with Gasteiger partial charge in [0.05, 0.1) is 18.9 Å². The summed E-state index contributed by atoms with van der Waals surface area (Å²) in [6, 6.07) is 4.05. The van der Waals surface area contributed by atoms with E-state index in [9.17, 15) is 4.79 Å². The third-order valence-corrected chi connectivity index (χ3v) is 5.31. The van der Waals surface area contributed by atoms with Crippen LogP contribution >= 0.6 is 0 Å². The molecule has 3 rings (SSSR count). The number of amides is 1. The summed E-state index contributed by atoms with van der Waals surface area (Å²) in [6.45, 7) is 13.1. The number of aromatic nitrogens is 3. The Bertz CT molecular complexity index is 807. The maximum Gasteiger partial charge on any atom is 0.220 e. The molecular formula is C22H33N5O2. The number of morpholine rings is 1. The minimum absolute atomic E-state index is 0.0534. The van der Waals surface area contributed by atoms with Crippen LogP contribution in [0.15, 0.2) is 18.3 Å². The predicted molar refractivity (Wildman–Crippen MR) is 114 cm³/mol. The minimum Gasteiger partial charge on any atom is -0.378 e. The molecule has 7 nitrogen and oxygen atoms in total. The van der Waals surface area contributed by atoms with Crippen molar-refractivity contribution in [2.75, 3.05) is 31.2 Å². The monoisotopic (exact) mass is 399 g/mol. The lowest BCUT2D eigenvalue weighted by Gasteiger charge is -2.27. The van der Waals surface area contributed by atoms with Crippen LogP contribution in [0.25, 0.3) is 0 Å². The van der Waals surface area contributed by atoms with E-state index in [-0.39, 0.29) is 5.91 Å². The van der Waals surface area contributed by atoms with Crippen LogP contribution in [0.1, 0.15) is 42.8 Å². The normalized spacial score (nSPS) is 14.4. The SMILES string of the molecule is Cc1nn(CC(C)C)c(C)c1CCC(=O)NCc1ccc(N2CCOCC2)nc1. The van der Waals surface area contributed by atoms with Crippen molar-refractivity contribution >= 4 is 11.7 Å². The molecule has 0 radical (unpaired) electrons. The zero-order chi connectivity index (χ0) is 20.8. The van der Waals surface area contributed by atoms with Crippen LogP contribution in [0.3, 0.4) is 0 Å². The largest absolute Gasteiger partial charge is 0.378 e. The molecule has 1 N–H and O–H groups in total. The quantitative estimate of drug-likeness (QED) is 0.739. The molecule has 1 aliphatic heterocycles. The number of carbonyl (C=O) groups excluding carboxylic acids is 1. The van der Waals surface area contributed by atoms with Gasteiger partial charge >= 0.3 is 0 Å². The molecule has 0 unspecified atom stereocenters. The van der Waals surface area contributed by atoms with Crippen LogP contribution in [-0.4, -0.2) is 47.0 Å². The molecular weight excluding hydrogens is 366 g/mol. The second-order valence-corrected chi connectivity index (χ2v) is 8.13. The van der Waals surface area contributed by atoms with Crippen molar-refractivity contribution in [2.45, 2.75) is 53.6 Å². The van der Waals surface area contributed by atoms with Crippen LogP contribution < -0.4 is 10.2 Å². The van der Waals surface area contributed by atoms with Crippen LogP contribution in [0.5, 0.6) is 0 Å². The van der Waals surface area contributed by atoms with Crippen LogP contribution in [0.4, 0.5) is 5.82 Å². The standard InChI is InChI=1S/C22H33N5O2/c1-16(2)15-27-18(4)20(17(3)25-27)6-8-22(28)24-14-19-5-7-21(23-13-19)26-9-11-29-12-10-26/h5,7,13,16H,6,8-12,14-15H2,1-4H3,(H,24,28). The van der Waals surface area contributed by atoms with Gasteiger partial charge in [-0.2, -0.15) is 5.10 Å². The van der Waals surface area contributed by atoms with Crippen molar-refractivity contribution in [3.05, 3.63) is 40.8 Å². The molecule has 1 aliphatic rings. The van der Waals surface area contributed by atoms with Crippen molar-refractivity contribution in [1.29, 1.82) is 0 Å². The highest BCUT2D eigenvalue weighted by Gasteiger charge is 2.14. The lowest BCUT2D eigenvalue weighted by molar-refractivity contribution is -0.121. The summed E-state index contributed by atoms with van der Waals surface area (Å²) in [4.78, 5) is 19.1. The van der Waals surface area contributed by atoms with Gasteiger partial charge in [-0.1, -0.05) is 19.9 Å². The molecule has 2 aromatic heterocycles. The molecule has 7 heteroatoms. The zero-order valence-electron chi connectivity index (χ0n) is 18.1. The van der Waals surface area contributed by atoms with E-state index in [4.69, 9.17) is 4.74 Å². The van der Waals surface area contributed by atoms with Gasteiger partial charge in [0, 0.05) is 44.5 Å². The Hall–Kier alpha value is -2.41. The van der Waals surface area contributed by atoms with Gasteiger partial charge in [-0.05, 0) is 43.4 Å². The van der Waals surface area contributed by atoms with E-state index in [0.29, 0.717) is 18.9 Å². The summed E-state index contributed by atoms with van der Waals surface area (Å²) in [5.41, 5.74) is 4.40. The van der Waals surface area contributed by atoms with E-state index in [1.807, 2.05) is 25.3 Å². The van der Waals surface area contributed by atoms with Gasteiger partial charge in [0.15, 0.2) is 0 Å². The Labute approximate surface area is 173 Å². The molecule has 2 aromatic rings. The fourth-order valence-electron chi connectivity index (χ4n) is 3.65. The van der Waals surface area contributed by atoms with Gasteiger partial charge in [0.25, 0.3) is 0 Å². The maximum absolute atomic E-state index is 12.3. The van der Waals surface area contributed by atoms with Crippen molar-refractivity contribution in [2.24, 2.45) is 5.92 Å². The van der Waals surface area contributed by atoms with Crippen molar-refractivity contribution in [3.63, 3.8) is 0 Å². The third kappa shape index (κ3) is 5.79. The highest BCUT2D eigenvalue weighted by Crippen LogP contribution is 2.17. The van der Waals surface area contributed by atoms with Gasteiger partial charge in [0.1, 0.15) is 5.82 Å². The van der Waals surface area contributed by atoms with Gasteiger partial charge in [-0.25, -0.2) is 4.98 Å². The van der Waals surface area contributed by atoms with Crippen LogP contribution in [-0.2, 0) is 29.0 Å². The molecule has 0 aromatic carbocycles. The van der Waals surface area contributed by atoms with Crippen LogP contribution in [0.2, 0.25) is 0 Å². The Morgan fingerprint density at radius 1 is 1.24 bits per heavy atom. The highest BCUT2D eigenvalue weighted by atomic mass is 16.5. The summed E-state index contributed by atoms with van der Waals surface area (Å²) in [7, 11) is 0. The number of hydrogen-bond acceptors (Lipinski definition) is 5. The Morgan fingerprint density at radius 3 is 2.66 bits per heavy atom. The number of ether oxygens (including phenoxy) is 1. The fourth-order valence-corrected chi connectivity index (χ4v) is 3.65. The first kappa shape index (κ1) is 21.3. The number of rotatable bonds is 8. The third-order valence-electron chi connectivity index (χ3n) is 5.31. The first-order chi connectivity index (χ1) is 13.9. The number of carbonyl (C=O) groups is 1. The van der Waals surface area contributed by atoms with Crippen LogP contribution in [0, 0.1) is 19.8 Å². The molecule has 0 atom stereocenters. The average Bonchev–Trinajstić information content (AvgIpc) is 2.98. The number of anilines is 1. The number of aryl methyl sites for hydroxylation is 1. The topological polar surface area (TPSA) is 72.3 Å². The van der Waals surface area contributed by atoms with Crippen molar-refractivity contribution in [1.82, 2.24) is 20.1 Å². The number of pyridine rings is 1. The number of nitrogens with zero attached hydrogens (tertiary/aromatic N) is 4. The van der Waals surface area contributed by atoms with E-state index in [0.717, 1.165) is 56.3 Å². The molecule has 0 spiro atoms. The van der Waals surface area contributed by atoms with Gasteiger partial charge in [-0.15, -0.1) is 0 Å². The predicted octanol–water partition coefficient (Wildman–Crippen LogP) is 2.64. The van der Waals surface area contributed by atoms with E-state index >= 15 is 0 Å². The molecule has 3 heterocycles. The molecule has 158 valence electrons. The minimum atomic E-state index is 0.0534. The molecule has 1 saturated heterocycles. The maximum atomic E-state index is 12.3. The van der Waals surface area contributed by atoms with E-state index < -0.39 is 0 Å². The molecule has 0 saturated carbocycles. The molecule has 29 heavy (non-hydrogen) atoms. The summed E-state index contributed by atoms with van der Waals surface area (Å²) in [5, 5.41) is 7.64. The van der Waals surface area contributed by atoms with Crippen molar-refractivity contribution < 1.29 is 9.53 Å². The fraction of sp³-hybridized carbons (Fsp3) is 0.591. The Morgan fingerprint density at radius 2 is 2.00 bits per heavy atom. The second kappa shape index (κ2) is 9.87. The Kier molecular flexibility index (Phi) is 7.25. The average molecular weight is 400 g/mol. The lowest BCUT2D eigenvalue weighted by atomic mass is 10.1. The smallest absolute Gasteiger partial charge is 0.220 e. The van der Waals surface area contributed by atoms with E-state index in [1.54, 1.807) is 0 Å². The molecule has 1 amide bonds. The Balaban J connectivity index is 1.47. The number of nitrogens with one attached hydrogen (secondary N) is 1. The summed E-state index contributed by atoms with van der Waals surface area (Å²) < 4.78 is 7.44. The number of hydrogen-bond donors (Lipinski definition) is 1. The molecule has 0 bridgehead atoms. The van der Waals surface area contributed by atoms with Gasteiger partial charge in [0.2, 0.25) is 5.91 Å². The summed E-state index contributed by atoms with van der Waals surface area (Å²) >= 11 is 0. The first-order valence-corrected chi connectivity index (χ1v) is 10.5. The zero-order valence-corrected chi connectivity index (χ0v) is 18.1. The highest BCUT2D eigenvalue weighted by molar-refractivity contribution is 5.76. The molecule has 1 fully saturated rings. The van der Waals surface area contributed by atoms with Crippen molar-refractivity contribution in [3.8, 4) is 0 Å². The van der Waals surface area contributed by atoms with E-state index in [2.05, 4.69) is 45.8 Å². The first-order valence-electron chi connectivity index (χ1n) is 10.5. The lowest BCUT2D eigenvalue weighted by Crippen LogP contribution is -2.36. The summed E-state index contributed by atoms with van der Waals surface area (Å²) in [5.74, 6) is 1.57. The molecule has 0 aliphatic carbocycles. The van der Waals surface area contributed by atoms with Gasteiger partial charge in [-0.3, -0.25) is 9.48 Å². The van der Waals surface area contributed by atoms with E-state index in [1.165, 1.54) is 11.3 Å². The van der Waals surface area contributed by atoms with Gasteiger partial charge < -0.3 is 15.0 Å².